The number of nitrogens with two attached hydrogens (primary N) is 1. The molecule has 1 heterocycles. The normalized spacial score (nSPS) is 14.7. The lowest BCUT2D eigenvalue weighted by molar-refractivity contribution is 0.467. The van der Waals surface area contributed by atoms with Gasteiger partial charge in [0.2, 0.25) is 10.0 Å². The topological polar surface area (TPSA) is 88.2 Å². The van der Waals surface area contributed by atoms with Gasteiger partial charge in [-0.2, -0.15) is 0 Å². The fourth-order valence-corrected chi connectivity index (χ4v) is 3.39. The molecule has 0 aliphatic carbocycles. The second kappa shape index (κ2) is 6.83. The lowest BCUT2D eigenvalue weighted by atomic mass is 10.1. The average molecular weight is 360 g/mol. The third-order valence-corrected chi connectivity index (χ3v) is 5.63. The van der Waals surface area contributed by atoms with Crippen LogP contribution in [0.1, 0.15) is 5.56 Å². The molecule has 0 saturated carbocycles. The molecule has 0 amide bonds. The van der Waals surface area contributed by atoms with Gasteiger partial charge in [-0.25, -0.2) is 18.6 Å². The van der Waals surface area contributed by atoms with E-state index in [-0.39, 0.29) is 4.90 Å². The third kappa shape index (κ3) is 3.51. The van der Waals surface area contributed by atoms with Crippen molar-refractivity contribution in [3.63, 3.8) is 0 Å². The van der Waals surface area contributed by atoms with Gasteiger partial charge >= 0.3 is 0 Å². The number of ether oxygens (including phenoxy) is 1. The molecule has 0 unspecified atom stereocenters. The fraction of sp³-hybridized carbons (Fsp3) is 0.235. The van der Waals surface area contributed by atoms with Crippen LogP contribution in [0.15, 0.2) is 58.4 Å². The van der Waals surface area contributed by atoms with Gasteiger partial charge < -0.3 is 4.74 Å². The number of aliphatic imine (C=N–C) groups is 1. The van der Waals surface area contributed by atoms with Crippen molar-refractivity contribution in [1.29, 1.82) is 0 Å². The molecule has 8 heteroatoms. The van der Waals surface area contributed by atoms with E-state index in [0.717, 1.165) is 0 Å². The summed E-state index contributed by atoms with van der Waals surface area (Å²) in [4.78, 5) is 4.55. The fourth-order valence-electron chi connectivity index (χ4n) is 2.46. The van der Waals surface area contributed by atoms with Gasteiger partial charge in [0.05, 0.1) is 23.5 Å². The van der Waals surface area contributed by atoms with Crippen molar-refractivity contribution in [3.05, 3.63) is 54.1 Å². The highest BCUT2D eigenvalue weighted by atomic mass is 32.2. The highest BCUT2D eigenvalue weighted by Gasteiger charge is 2.24. The maximum Gasteiger partial charge on any atom is 0.242 e. The molecule has 0 aromatic heterocycles. The Labute approximate surface area is 147 Å². The first-order chi connectivity index (χ1) is 11.9. The molecule has 3 rings (SSSR count). The predicted octanol–water partition coefficient (Wildman–Crippen LogP) is 1.67. The van der Waals surface area contributed by atoms with Gasteiger partial charge in [-0.15, -0.1) is 0 Å². The van der Waals surface area contributed by atoms with Crippen LogP contribution in [0, 0.1) is 0 Å². The minimum absolute atomic E-state index is 0.163. The van der Waals surface area contributed by atoms with E-state index < -0.39 is 10.0 Å². The van der Waals surface area contributed by atoms with Crippen LogP contribution in [-0.2, 0) is 10.0 Å². The number of hydrogen-bond donors (Lipinski definition) is 1. The monoisotopic (exact) mass is 360 g/mol. The Morgan fingerprint density at radius 1 is 1.16 bits per heavy atom. The van der Waals surface area contributed by atoms with Gasteiger partial charge in [-0.1, -0.05) is 18.2 Å². The number of amidine groups is 1. The molecule has 0 radical (unpaired) electrons. The van der Waals surface area contributed by atoms with Crippen LogP contribution in [0.25, 0.3) is 0 Å². The van der Waals surface area contributed by atoms with E-state index >= 15 is 0 Å². The van der Waals surface area contributed by atoms with Crippen molar-refractivity contribution >= 4 is 15.9 Å². The standard InChI is InChI=1S/C17H20N4O3S/c1-20(2)25(22,23)14-8-9-16(24-13-6-4-3-5-7-13)15(12-14)17-19-10-11-21(17)18/h3-9,12H,10-11,18H2,1-2H3. The number of sulfonamides is 1. The van der Waals surface area contributed by atoms with Gasteiger partial charge in [0.1, 0.15) is 17.3 Å². The molecule has 2 N–H and O–H groups in total. The van der Waals surface area contributed by atoms with Crippen molar-refractivity contribution in [2.24, 2.45) is 10.8 Å². The molecule has 0 fully saturated rings. The van der Waals surface area contributed by atoms with Gasteiger partial charge in [-0.3, -0.25) is 10.0 Å². The van der Waals surface area contributed by atoms with E-state index in [0.29, 0.717) is 36.0 Å². The molecule has 0 spiro atoms. The van der Waals surface area contributed by atoms with Gasteiger partial charge in [0.25, 0.3) is 0 Å². The van der Waals surface area contributed by atoms with E-state index in [9.17, 15) is 8.42 Å². The van der Waals surface area contributed by atoms with Crippen LogP contribution in [0.5, 0.6) is 11.5 Å². The number of rotatable bonds is 5. The first-order valence-electron chi connectivity index (χ1n) is 7.76. The van der Waals surface area contributed by atoms with E-state index in [1.807, 2.05) is 30.3 Å². The van der Waals surface area contributed by atoms with Crippen molar-refractivity contribution in [1.82, 2.24) is 9.31 Å². The molecule has 0 atom stereocenters. The van der Waals surface area contributed by atoms with Crippen molar-refractivity contribution in [2.75, 3.05) is 27.2 Å². The van der Waals surface area contributed by atoms with Crippen LogP contribution < -0.4 is 10.6 Å². The Morgan fingerprint density at radius 2 is 1.88 bits per heavy atom. The average Bonchev–Trinajstić information content (AvgIpc) is 3.02. The number of para-hydroxylation sites is 1. The zero-order valence-corrected chi connectivity index (χ0v) is 14.9. The summed E-state index contributed by atoms with van der Waals surface area (Å²) in [7, 11) is -0.589. The molecular weight excluding hydrogens is 340 g/mol. The van der Waals surface area contributed by atoms with Crippen molar-refractivity contribution in [3.8, 4) is 11.5 Å². The number of nitrogens with zero attached hydrogens (tertiary/aromatic N) is 3. The summed E-state index contributed by atoms with van der Waals surface area (Å²) in [6.45, 7) is 1.13. The third-order valence-electron chi connectivity index (χ3n) is 3.82. The highest BCUT2D eigenvalue weighted by molar-refractivity contribution is 7.89. The Kier molecular flexibility index (Phi) is 4.76. The Bertz CT molecular complexity index is 895. The molecule has 132 valence electrons. The van der Waals surface area contributed by atoms with E-state index in [4.69, 9.17) is 10.6 Å². The van der Waals surface area contributed by atoms with Crippen LogP contribution in [-0.4, -0.2) is 50.8 Å². The van der Waals surface area contributed by atoms with Gasteiger partial charge in [0.15, 0.2) is 0 Å². The minimum atomic E-state index is -3.57. The summed E-state index contributed by atoms with van der Waals surface area (Å²) < 4.78 is 32.0. The molecular formula is C17H20N4O3S. The Balaban J connectivity index is 2.09. The quantitative estimate of drug-likeness (QED) is 0.820. The largest absolute Gasteiger partial charge is 0.457 e. The molecule has 0 bridgehead atoms. The summed E-state index contributed by atoms with van der Waals surface area (Å²) in [5.41, 5.74) is 0.548. The van der Waals surface area contributed by atoms with E-state index in [1.165, 1.54) is 29.5 Å². The van der Waals surface area contributed by atoms with Crippen LogP contribution in [0.3, 0.4) is 0 Å². The summed E-state index contributed by atoms with van der Waals surface area (Å²) in [5.74, 6) is 7.64. The molecule has 7 nitrogen and oxygen atoms in total. The molecule has 1 aliphatic rings. The second-order valence-electron chi connectivity index (χ2n) is 5.76. The first kappa shape index (κ1) is 17.4. The number of hydrogen-bond acceptors (Lipinski definition) is 6. The smallest absolute Gasteiger partial charge is 0.242 e. The van der Waals surface area contributed by atoms with Crippen molar-refractivity contribution < 1.29 is 13.2 Å². The minimum Gasteiger partial charge on any atom is -0.457 e. The first-order valence-corrected chi connectivity index (χ1v) is 9.20. The molecule has 25 heavy (non-hydrogen) atoms. The zero-order chi connectivity index (χ0) is 18.0. The second-order valence-corrected chi connectivity index (χ2v) is 7.91. The lowest BCUT2D eigenvalue weighted by Crippen LogP contribution is -2.35. The Morgan fingerprint density at radius 3 is 2.48 bits per heavy atom. The van der Waals surface area contributed by atoms with Crippen molar-refractivity contribution in [2.45, 2.75) is 4.90 Å². The predicted molar refractivity (Wildman–Crippen MR) is 96.1 cm³/mol. The van der Waals surface area contributed by atoms with Crippen LogP contribution in [0.2, 0.25) is 0 Å². The maximum absolute atomic E-state index is 12.5. The van der Waals surface area contributed by atoms with E-state index in [1.54, 1.807) is 12.1 Å². The highest BCUT2D eigenvalue weighted by Crippen LogP contribution is 2.30. The summed E-state index contributed by atoms with van der Waals surface area (Å²) in [6, 6.07) is 14.0. The summed E-state index contributed by atoms with van der Waals surface area (Å²) >= 11 is 0. The SMILES string of the molecule is CN(C)S(=O)(=O)c1ccc(Oc2ccccc2)c(C2=NCCN2N)c1. The number of benzene rings is 2. The van der Waals surface area contributed by atoms with Crippen LogP contribution >= 0.6 is 0 Å². The lowest BCUT2D eigenvalue weighted by Gasteiger charge is -2.19. The number of hydrazine groups is 1. The van der Waals surface area contributed by atoms with Gasteiger partial charge in [0, 0.05) is 14.1 Å². The molecule has 1 aliphatic heterocycles. The van der Waals surface area contributed by atoms with Gasteiger partial charge in [-0.05, 0) is 30.3 Å². The summed E-state index contributed by atoms with van der Waals surface area (Å²) in [5, 5.41) is 1.50. The zero-order valence-electron chi connectivity index (χ0n) is 14.1. The molecule has 2 aromatic rings. The molecule has 0 saturated heterocycles. The van der Waals surface area contributed by atoms with Crippen LogP contribution in [0.4, 0.5) is 0 Å². The summed E-state index contributed by atoms with van der Waals surface area (Å²) in [6.07, 6.45) is 0. The maximum atomic E-state index is 12.5. The molecule has 2 aromatic carbocycles. The Hall–Kier alpha value is -2.42. The van der Waals surface area contributed by atoms with E-state index in [2.05, 4.69) is 4.99 Å².